The number of rotatable bonds is 10. The fraction of sp³-hybridized carbons (Fsp3) is 0.341. The first kappa shape index (κ1) is 34.8. The first-order chi connectivity index (χ1) is 24.5. The lowest BCUT2D eigenvalue weighted by Crippen LogP contribution is -2.45. The second-order valence-corrected chi connectivity index (χ2v) is 18.2. The zero-order chi connectivity index (χ0) is 35.9. The summed E-state index contributed by atoms with van der Waals surface area (Å²) in [5, 5.41) is 9.80. The van der Waals surface area contributed by atoms with Crippen molar-refractivity contribution in [3.05, 3.63) is 125 Å². The fourth-order valence-corrected chi connectivity index (χ4v) is 11.0. The number of ether oxygens (including phenoxy) is 1. The molecule has 3 amide bonds. The van der Waals surface area contributed by atoms with Gasteiger partial charge < -0.3 is 23.8 Å². The van der Waals surface area contributed by atoms with Crippen molar-refractivity contribution in [3.63, 3.8) is 0 Å². The number of nitrogens with zero attached hydrogens (tertiary/aromatic N) is 3. The van der Waals surface area contributed by atoms with E-state index >= 15 is 4.11 Å². The van der Waals surface area contributed by atoms with Gasteiger partial charge in [0.15, 0.2) is 5.60 Å². The molecule has 1 spiro atoms. The number of amides is 3. The van der Waals surface area contributed by atoms with E-state index in [-0.39, 0.29) is 43.8 Å². The van der Waals surface area contributed by atoms with Crippen LogP contribution in [0.3, 0.4) is 0 Å². The Kier molecular flexibility index (Phi) is 9.43. The Morgan fingerprint density at radius 2 is 1.57 bits per heavy atom. The lowest BCUT2D eigenvalue weighted by atomic mass is 9.82. The molecule has 4 aromatic carbocycles. The van der Waals surface area contributed by atoms with Gasteiger partial charge in [-0.2, -0.15) is 0 Å². The first-order valence-corrected chi connectivity index (χ1v) is 20.7. The molecule has 0 aromatic heterocycles. The summed E-state index contributed by atoms with van der Waals surface area (Å²) in [6, 6.07) is 32.7. The van der Waals surface area contributed by atoms with Crippen molar-refractivity contribution in [2.24, 2.45) is 5.92 Å². The maximum Gasteiger partial charge on any atom is 0.264 e. The quantitative estimate of drug-likeness (QED) is 0.141. The van der Waals surface area contributed by atoms with Crippen LogP contribution in [-0.2, 0) is 44.2 Å². The van der Waals surface area contributed by atoms with Gasteiger partial charge in [0.2, 0.25) is 20.2 Å². The maximum absolute atomic E-state index is 16.4. The summed E-state index contributed by atoms with van der Waals surface area (Å²) < 4.78 is 23.2. The Balaban J connectivity index is 1.16. The molecule has 3 heterocycles. The van der Waals surface area contributed by atoms with Crippen molar-refractivity contribution >= 4 is 43.2 Å². The molecular formula is C41H44FN3O5Si. The number of para-hydroxylation sites is 2. The SMILES string of the molecule is C[C@H]1[C@H]([Si](C)(C)F)[C@@H](CC(=O)N(CCO)Cc2ccccc2)O[C@]12C(=O)N(Cc1ccc(N3C(=O)CCc4ccccc43)cc1)c1ccccc12. The third kappa shape index (κ3) is 6.30. The Morgan fingerprint density at radius 1 is 0.902 bits per heavy atom. The second-order valence-electron chi connectivity index (χ2n) is 14.4. The van der Waals surface area contributed by atoms with Gasteiger partial charge in [-0.05, 0) is 60.5 Å². The number of aliphatic hydroxyl groups excluding tert-OH is 1. The average Bonchev–Trinajstić information content (AvgIpc) is 3.55. The highest BCUT2D eigenvalue weighted by molar-refractivity contribution is 6.72. The molecule has 4 aromatic rings. The Bertz CT molecular complexity index is 1930. The van der Waals surface area contributed by atoms with E-state index in [9.17, 15) is 19.5 Å². The summed E-state index contributed by atoms with van der Waals surface area (Å²) in [5.74, 6) is -1.01. The number of aliphatic hydroxyl groups is 1. The lowest BCUT2D eigenvalue weighted by molar-refractivity contribution is -0.150. The van der Waals surface area contributed by atoms with Crippen LogP contribution < -0.4 is 9.80 Å². The van der Waals surface area contributed by atoms with Crippen LogP contribution in [-0.4, -0.2) is 55.4 Å². The molecule has 0 aliphatic carbocycles. The average molecular weight is 706 g/mol. The molecule has 8 nitrogen and oxygen atoms in total. The lowest BCUT2D eigenvalue weighted by Gasteiger charge is -2.31. The molecule has 7 rings (SSSR count). The van der Waals surface area contributed by atoms with Crippen LogP contribution in [0.5, 0.6) is 0 Å². The number of aryl methyl sites for hydroxylation is 1. The summed E-state index contributed by atoms with van der Waals surface area (Å²) in [5.41, 5.74) is 3.88. The Labute approximate surface area is 299 Å². The van der Waals surface area contributed by atoms with Gasteiger partial charge in [0.05, 0.1) is 37.1 Å². The molecule has 51 heavy (non-hydrogen) atoms. The van der Waals surface area contributed by atoms with Crippen molar-refractivity contribution in [2.75, 3.05) is 23.0 Å². The van der Waals surface area contributed by atoms with Crippen LogP contribution in [0.15, 0.2) is 103 Å². The molecule has 0 saturated carbocycles. The van der Waals surface area contributed by atoms with Crippen molar-refractivity contribution in [1.29, 1.82) is 0 Å². The number of carbonyl (C=O) groups excluding carboxylic acids is 3. The minimum absolute atomic E-state index is 0.0425. The van der Waals surface area contributed by atoms with Gasteiger partial charge in [-0.25, -0.2) is 0 Å². The normalized spacial score (nSPS) is 22.7. The number of anilines is 3. The molecule has 1 fully saturated rings. The standard InChI is InChI=1S/C41H44FN3O5Si/c1-28-39(51(2,3)42)36(25-38(48)43(23-24-46)26-29-11-5-4-6-12-29)50-41(28)33-14-8-10-16-35(33)44(40(41)49)27-30-17-20-32(21-18-30)45-34-15-9-7-13-31(34)19-22-37(45)47/h4-18,20-21,28,36,39,46H,19,22-27H2,1-3H3/t28-,36+,39-,41+/m0/s1. The van der Waals surface area contributed by atoms with Crippen LogP contribution in [0.1, 0.15) is 42.0 Å². The minimum Gasteiger partial charge on any atom is -0.395 e. The zero-order valence-corrected chi connectivity index (χ0v) is 30.3. The highest BCUT2D eigenvalue weighted by Gasteiger charge is 2.67. The Morgan fingerprint density at radius 3 is 2.27 bits per heavy atom. The van der Waals surface area contributed by atoms with Gasteiger partial charge >= 0.3 is 0 Å². The van der Waals surface area contributed by atoms with E-state index in [1.807, 2.05) is 104 Å². The number of fused-ring (bicyclic) bond motifs is 3. The number of carbonyl (C=O) groups is 3. The summed E-state index contributed by atoms with van der Waals surface area (Å²) in [6.07, 6.45) is 0.238. The van der Waals surface area contributed by atoms with Crippen LogP contribution in [0, 0.1) is 5.92 Å². The highest BCUT2D eigenvalue weighted by Crippen LogP contribution is 2.60. The molecule has 0 radical (unpaired) electrons. The molecule has 0 bridgehead atoms. The summed E-state index contributed by atoms with van der Waals surface area (Å²) in [4.78, 5) is 46.7. The molecule has 0 unspecified atom stereocenters. The molecule has 4 atom stereocenters. The summed E-state index contributed by atoms with van der Waals surface area (Å²) in [7, 11) is -3.49. The topological polar surface area (TPSA) is 90.4 Å². The predicted molar refractivity (Wildman–Crippen MR) is 198 cm³/mol. The largest absolute Gasteiger partial charge is 0.395 e. The van der Waals surface area contributed by atoms with E-state index in [1.165, 1.54) is 0 Å². The van der Waals surface area contributed by atoms with E-state index in [4.69, 9.17) is 4.74 Å². The molecule has 10 heteroatoms. The van der Waals surface area contributed by atoms with Crippen molar-refractivity contribution in [1.82, 2.24) is 4.90 Å². The van der Waals surface area contributed by atoms with E-state index in [1.54, 1.807) is 27.8 Å². The van der Waals surface area contributed by atoms with Gasteiger partial charge in [-0.3, -0.25) is 19.3 Å². The van der Waals surface area contributed by atoms with E-state index in [0.717, 1.165) is 34.5 Å². The Hall–Kier alpha value is -4.64. The minimum atomic E-state index is -3.49. The smallest absolute Gasteiger partial charge is 0.264 e. The molecule has 1 saturated heterocycles. The molecule has 1 N–H and O–H groups in total. The third-order valence-corrected chi connectivity index (χ3v) is 13.3. The van der Waals surface area contributed by atoms with E-state index in [2.05, 4.69) is 6.07 Å². The van der Waals surface area contributed by atoms with Crippen molar-refractivity contribution < 1.29 is 28.3 Å². The van der Waals surface area contributed by atoms with Gasteiger partial charge in [0.1, 0.15) is 0 Å². The number of hydrogen-bond donors (Lipinski definition) is 1. The van der Waals surface area contributed by atoms with Crippen molar-refractivity contribution in [2.45, 2.75) is 69.6 Å². The monoisotopic (exact) mass is 705 g/mol. The number of halogens is 1. The number of benzene rings is 4. The van der Waals surface area contributed by atoms with Gasteiger partial charge in [-0.1, -0.05) is 85.8 Å². The third-order valence-electron chi connectivity index (χ3n) is 10.8. The van der Waals surface area contributed by atoms with Crippen LogP contribution in [0.4, 0.5) is 21.2 Å². The van der Waals surface area contributed by atoms with Crippen molar-refractivity contribution in [3.8, 4) is 0 Å². The van der Waals surface area contributed by atoms with Gasteiger partial charge in [0, 0.05) is 42.2 Å². The summed E-state index contributed by atoms with van der Waals surface area (Å²) >= 11 is 0. The molecule has 264 valence electrons. The maximum atomic E-state index is 16.4. The predicted octanol–water partition coefficient (Wildman–Crippen LogP) is 7.03. The van der Waals surface area contributed by atoms with E-state index < -0.39 is 31.6 Å². The highest BCUT2D eigenvalue weighted by atomic mass is 28.4. The van der Waals surface area contributed by atoms with Crippen LogP contribution in [0.25, 0.3) is 0 Å². The summed E-state index contributed by atoms with van der Waals surface area (Å²) in [6.45, 7) is 5.63. The first-order valence-electron chi connectivity index (χ1n) is 17.7. The van der Waals surface area contributed by atoms with Crippen LogP contribution >= 0.6 is 0 Å². The van der Waals surface area contributed by atoms with Crippen LogP contribution in [0.2, 0.25) is 18.6 Å². The molecule has 3 aliphatic rings. The van der Waals surface area contributed by atoms with E-state index in [0.29, 0.717) is 24.2 Å². The fourth-order valence-electron chi connectivity index (χ4n) is 8.52. The van der Waals surface area contributed by atoms with Gasteiger partial charge in [-0.15, -0.1) is 0 Å². The molecular weight excluding hydrogens is 662 g/mol. The zero-order valence-electron chi connectivity index (χ0n) is 29.3. The second kappa shape index (κ2) is 13.8. The molecule has 3 aliphatic heterocycles. The van der Waals surface area contributed by atoms with Gasteiger partial charge in [0.25, 0.3) is 5.91 Å². The number of hydrogen-bond acceptors (Lipinski definition) is 5.